The van der Waals surface area contributed by atoms with Crippen LogP contribution in [0, 0.1) is 0 Å². The third-order valence-electron chi connectivity index (χ3n) is 4.85. The molecule has 146 valence electrons. The van der Waals surface area contributed by atoms with Gasteiger partial charge in [0.2, 0.25) is 0 Å². The molecule has 2 aliphatic heterocycles. The van der Waals surface area contributed by atoms with E-state index in [2.05, 4.69) is 10.0 Å². The molecule has 1 N–H and O–H groups in total. The first-order valence-electron chi connectivity index (χ1n) is 9.11. The molecule has 0 aliphatic carbocycles. The van der Waals surface area contributed by atoms with E-state index >= 15 is 0 Å². The second kappa shape index (κ2) is 8.70. The van der Waals surface area contributed by atoms with Gasteiger partial charge in [-0.25, -0.2) is 0 Å². The SMILES string of the molecule is [N-]=[N+]=N[C@H]1C(O)[C@@H]2OC(c3ccccc3)OCC2O[C@@H]1OCc1ccccc1. The van der Waals surface area contributed by atoms with E-state index in [1.54, 1.807) is 0 Å². The van der Waals surface area contributed by atoms with Crippen molar-refractivity contribution in [2.45, 2.75) is 43.5 Å². The zero-order valence-corrected chi connectivity index (χ0v) is 15.1. The van der Waals surface area contributed by atoms with Crippen LogP contribution in [0.5, 0.6) is 0 Å². The summed E-state index contributed by atoms with van der Waals surface area (Å²) in [5.74, 6) is 0. The minimum absolute atomic E-state index is 0.232. The van der Waals surface area contributed by atoms with Crippen molar-refractivity contribution in [2.24, 2.45) is 5.11 Å². The molecule has 2 aromatic carbocycles. The van der Waals surface area contributed by atoms with Crippen molar-refractivity contribution < 1.29 is 24.1 Å². The van der Waals surface area contributed by atoms with E-state index in [0.717, 1.165) is 11.1 Å². The Kier molecular flexibility index (Phi) is 5.87. The maximum absolute atomic E-state index is 10.8. The van der Waals surface area contributed by atoms with Gasteiger partial charge < -0.3 is 24.1 Å². The molecule has 0 aromatic heterocycles. The number of ether oxygens (including phenoxy) is 4. The van der Waals surface area contributed by atoms with Gasteiger partial charge in [0.25, 0.3) is 0 Å². The Bertz CT molecular complexity index is 815. The number of aliphatic hydroxyl groups excluding tert-OH is 1. The zero-order chi connectivity index (χ0) is 19.3. The minimum atomic E-state index is -1.08. The van der Waals surface area contributed by atoms with Crippen molar-refractivity contribution >= 4 is 0 Å². The monoisotopic (exact) mass is 383 g/mol. The Balaban J connectivity index is 1.47. The van der Waals surface area contributed by atoms with E-state index in [1.165, 1.54) is 0 Å². The summed E-state index contributed by atoms with van der Waals surface area (Å²) in [6.07, 6.45) is -3.81. The third kappa shape index (κ3) is 4.02. The van der Waals surface area contributed by atoms with E-state index in [0.29, 0.717) is 0 Å². The van der Waals surface area contributed by atoms with E-state index in [1.807, 2.05) is 60.7 Å². The fourth-order valence-corrected chi connectivity index (χ4v) is 3.43. The summed E-state index contributed by atoms with van der Waals surface area (Å²) in [6.45, 7) is 0.497. The summed E-state index contributed by atoms with van der Waals surface area (Å²) in [4.78, 5) is 2.85. The molecule has 3 unspecified atom stereocenters. The molecule has 28 heavy (non-hydrogen) atoms. The highest BCUT2D eigenvalue weighted by atomic mass is 16.7. The summed E-state index contributed by atoms with van der Waals surface area (Å²) in [6, 6.07) is 18.1. The average molecular weight is 383 g/mol. The van der Waals surface area contributed by atoms with Gasteiger partial charge in [-0.2, -0.15) is 0 Å². The highest BCUT2D eigenvalue weighted by Gasteiger charge is 2.49. The molecule has 0 saturated carbocycles. The summed E-state index contributed by atoms with van der Waals surface area (Å²) in [7, 11) is 0. The van der Waals surface area contributed by atoms with Gasteiger partial charge in [0.05, 0.1) is 19.3 Å². The van der Waals surface area contributed by atoms with Crippen LogP contribution >= 0.6 is 0 Å². The largest absolute Gasteiger partial charge is 0.390 e. The molecule has 8 heteroatoms. The molecule has 2 fully saturated rings. The summed E-state index contributed by atoms with van der Waals surface area (Å²) >= 11 is 0. The lowest BCUT2D eigenvalue weighted by Gasteiger charge is -2.46. The lowest BCUT2D eigenvalue weighted by Crippen LogP contribution is -2.61. The molecule has 8 nitrogen and oxygen atoms in total. The van der Waals surface area contributed by atoms with Crippen molar-refractivity contribution in [1.29, 1.82) is 0 Å². The van der Waals surface area contributed by atoms with E-state index in [9.17, 15) is 5.11 Å². The van der Waals surface area contributed by atoms with Crippen LogP contribution in [0.3, 0.4) is 0 Å². The highest BCUT2D eigenvalue weighted by Crippen LogP contribution is 2.35. The van der Waals surface area contributed by atoms with E-state index < -0.39 is 36.9 Å². The number of rotatable bonds is 5. The molecule has 4 rings (SSSR count). The van der Waals surface area contributed by atoms with Crippen LogP contribution in [0.1, 0.15) is 17.4 Å². The number of azide groups is 1. The van der Waals surface area contributed by atoms with Gasteiger partial charge in [-0.15, -0.1) is 0 Å². The lowest BCUT2D eigenvalue weighted by molar-refractivity contribution is -0.343. The van der Waals surface area contributed by atoms with Crippen molar-refractivity contribution in [3.8, 4) is 0 Å². The maximum atomic E-state index is 10.8. The molecule has 2 heterocycles. The van der Waals surface area contributed by atoms with E-state index in [-0.39, 0.29) is 13.2 Å². The van der Waals surface area contributed by atoms with Crippen LogP contribution in [-0.2, 0) is 25.6 Å². The number of hydrogen-bond donors (Lipinski definition) is 1. The van der Waals surface area contributed by atoms with Crippen LogP contribution < -0.4 is 0 Å². The molecule has 0 amide bonds. The van der Waals surface area contributed by atoms with Gasteiger partial charge in [0.1, 0.15) is 18.2 Å². The summed E-state index contributed by atoms with van der Waals surface area (Å²) in [5.41, 5.74) is 10.7. The Hall–Kier alpha value is -2.45. The maximum Gasteiger partial charge on any atom is 0.184 e. The van der Waals surface area contributed by atoms with Crippen LogP contribution in [0.25, 0.3) is 10.4 Å². The first kappa shape index (κ1) is 18.9. The second-order valence-electron chi connectivity index (χ2n) is 6.70. The normalized spacial score (nSPS) is 32.2. The Morgan fingerprint density at radius 1 is 1.07 bits per heavy atom. The summed E-state index contributed by atoms with van der Waals surface area (Å²) < 4.78 is 23.5. The number of benzene rings is 2. The number of hydrogen-bond acceptors (Lipinski definition) is 6. The number of fused-ring (bicyclic) bond motifs is 1. The van der Waals surface area contributed by atoms with Crippen LogP contribution in [-0.4, -0.2) is 42.4 Å². The number of nitrogens with zero attached hydrogens (tertiary/aromatic N) is 3. The molecular formula is C20H21N3O5. The molecule has 0 bridgehead atoms. The van der Waals surface area contributed by atoms with Gasteiger partial charge in [-0.05, 0) is 11.1 Å². The third-order valence-corrected chi connectivity index (χ3v) is 4.85. The topological polar surface area (TPSA) is 106 Å². The van der Waals surface area contributed by atoms with Gasteiger partial charge in [0.15, 0.2) is 12.6 Å². The van der Waals surface area contributed by atoms with Crippen LogP contribution in [0.15, 0.2) is 65.8 Å². The Morgan fingerprint density at radius 3 is 2.50 bits per heavy atom. The van der Waals surface area contributed by atoms with Crippen molar-refractivity contribution in [3.05, 3.63) is 82.2 Å². The number of aliphatic hydroxyl groups is 1. The fourth-order valence-electron chi connectivity index (χ4n) is 3.43. The second-order valence-corrected chi connectivity index (χ2v) is 6.70. The van der Waals surface area contributed by atoms with Crippen LogP contribution in [0.4, 0.5) is 0 Å². The zero-order valence-electron chi connectivity index (χ0n) is 15.1. The van der Waals surface area contributed by atoms with Gasteiger partial charge >= 0.3 is 0 Å². The molecule has 0 radical (unpaired) electrons. The Labute approximate surface area is 162 Å². The van der Waals surface area contributed by atoms with E-state index in [4.69, 9.17) is 24.5 Å². The average Bonchev–Trinajstić information content (AvgIpc) is 2.76. The minimum Gasteiger partial charge on any atom is -0.390 e. The Morgan fingerprint density at radius 2 is 1.79 bits per heavy atom. The molecule has 0 spiro atoms. The molecule has 2 saturated heterocycles. The standard InChI is InChI=1S/C20H21N3O5/c21-23-22-16-17(24)18-15(12-26-19(28-18)14-9-5-2-6-10-14)27-20(16)25-11-13-7-3-1-4-8-13/h1-10,15-20,24H,11-12H2/t15?,16-,17?,18+,19?,20-/m0/s1. The van der Waals surface area contributed by atoms with Gasteiger partial charge in [-0.1, -0.05) is 65.8 Å². The predicted molar refractivity (Wildman–Crippen MR) is 98.8 cm³/mol. The smallest absolute Gasteiger partial charge is 0.184 e. The van der Waals surface area contributed by atoms with Crippen molar-refractivity contribution in [2.75, 3.05) is 6.61 Å². The fraction of sp³-hybridized carbons (Fsp3) is 0.400. The van der Waals surface area contributed by atoms with Crippen LogP contribution in [0.2, 0.25) is 0 Å². The first-order chi connectivity index (χ1) is 13.8. The quantitative estimate of drug-likeness (QED) is 0.485. The van der Waals surface area contributed by atoms with Crippen molar-refractivity contribution in [3.63, 3.8) is 0 Å². The molecule has 6 atom stereocenters. The van der Waals surface area contributed by atoms with Gasteiger partial charge in [0, 0.05) is 10.5 Å². The molecule has 2 aromatic rings. The van der Waals surface area contributed by atoms with Crippen molar-refractivity contribution in [1.82, 2.24) is 0 Å². The van der Waals surface area contributed by atoms with Gasteiger partial charge in [-0.3, -0.25) is 0 Å². The highest BCUT2D eigenvalue weighted by molar-refractivity contribution is 5.17. The molecular weight excluding hydrogens is 362 g/mol. The summed E-state index contributed by atoms with van der Waals surface area (Å²) in [5, 5.41) is 14.5. The lowest BCUT2D eigenvalue weighted by atomic mass is 9.96. The first-order valence-corrected chi connectivity index (χ1v) is 9.11. The molecule has 2 aliphatic rings. The predicted octanol–water partition coefficient (Wildman–Crippen LogP) is 3.08.